The first kappa shape index (κ1) is 23.4. The molecule has 32 heavy (non-hydrogen) atoms. The fourth-order valence-electron chi connectivity index (χ4n) is 4.15. The maximum absolute atomic E-state index is 3.69. The van der Waals surface area contributed by atoms with Gasteiger partial charge in [0.2, 0.25) is 0 Å². The zero-order valence-electron chi connectivity index (χ0n) is 18.4. The molecule has 0 fully saturated rings. The van der Waals surface area contributed by atoms with Gasteiger partial charge in [0, 0.05) is 0 Å². The monoisotopic (exact) mass is 520 g/mol. The van der Waals surface area contributed by atoms with Gasteiger partial charge in [0.05, 0.1) is 0 Å². The summed E-state index contributed by atoms with van der Waals surface area (Å²) in [6.45, 7) is 0. The molecular weight excluding hydrogens is 489 g/mol. The first-order chi connectivity index (χ1) is 15.8. The molecular formula is C29H30P2Se. The van der Waals surface area contributed by atoms with E-state index in [0.29, 0.717) is 0 Å². The van der Waals surface area contributed by atoms with E-state index >= 15 is 0 Å². The van der Waals surface area contributed by atoms with E-state index in [2.05, 4.69) is 136 Å². The quantitative estimate of drug-likeness (QED) is 0.136. The number of hydrogen-bond acceptors (Lipinski definition) is 0. The van der Waals surface area contributed by atoms with E-state index in [4.69, 9.17) is 0 Å². The van der Waals surface area contributed by atoms with Crippen LogP contribution in [0.25, 0.3) is 0 Å². The van der Waals surface area contributed by atoms with Gasteiger partial charge in [-0.2, -0.15) is 0 Å². The van der Waals surface area contributed by atoms with Crippen LogP contribution in [0, 0.1) is 0 Å². The van der Waals surface area contributed by atoms with Crippen LogP contribution < -0.4 is 21.2 Å². The molecule has 0 heterocycles. The second-order valence-electron chi connectivity index (χ2n) is 8.02. The van der Waals surface area contributed by atoms with Crippen LogP contribution in [-0.4, -0.2) is 27.4 Å². The minimum absolute atomic E-state index is 0.282. The first-order valence-corrected chi connectivity index (χ1v) is 17.1. The third-order valence-electron chi connectivity index (χ3n) is 5.84. The van der Waals surface area contributed by atoms with Crippen molar-refractivity contribution in [1.29, 1.82) is 0 Å². The average molecular weight is 519 g/mol. The van der Waals surface area contributed by atoms with Gasteiger partial charge < -0.3 is 0 Å². The summed E-state index contributed by atoms with van der Waals surface area (Å²) in [5, 5.41) is 5.94. The van der Waals surface area contributed by atoms with Crippen molar-refractivity contribution in [1.82, 2.24) is 0 Å². The summed E-state index contributed by atoms with van der Waals surface area (Å²) in [4.78, 5) is 0. The van der Waals surface area contributed by atoms with Crippen molar-refractivity contribution in [3.8, 4) is 0 Å². The van der Waals surface area contributed by atoms with Gasteiger partial charge in [-0.05, 0) is 0 Å². The summed E-state index contributed by atoms with van der Waals surface area (Å²) in [6, 6.07) is 44.4. The fourth-order valence-corrected chi connectivity index (χ4v) is 11.7. The predicted octanol–water partition coefficient (Wildman–Crippen LogP) is 6.04. The molecule has 0 unspecified atom stereocenters. The summed E-state index contributed by atoms with van der Waals surface area (Å²) in [5.74, 6) is 0. The molecule has 0 atom stereocenters. The molecule has 0 aromatic heterocycles. The summed E-state index contributed by atoms with van der Waals surface area (Å²) in [6.07, 6.45) is 6.31. The van der Waals surface area contributed by atoms with Crippen molar-refractivity contribution in [3.63, 3.8) is 0 Å². The first-order valence-electron chi connectivity index (χ1n) is 11.4. The van der Waals surface area contributed by atoms with Crippen LogP contribution in [0.15, 0.2) is 121 Å². The van der Waals surface area contributed by atoms with Crippen LogP contribution in [0.4, 0.5) is 0 Å². The van der Waals surface area contributed by atoms with Crippen molar-refractivity contribution in [2.24, 2.45) is 0 Å². The van der Waals surface area contributed by atoms with Crippen LogP contribution in [-0.2, 0) is 0 Å². The molecule has 4 aromatic rings. The van der Waals surface area contributed by atoms with Crippen molar-refractivity contribution < 1.29 is 0 Å². The Hall–Kier alpha value is -1.74. The van der Waals surface area contributed by atoms with Gasteiger partial charge in [-0.1, -0.05) is 0 Å². The molecule has 4 aromatic carbocycles. The molecule has 3 heteroatoms. The Morgan fingerprint density at radius 3 is 1.34 bits per heavy atom. The zero-order valence-corrected chi connectivity index (χ0v) is 21.9. The second-order valence-corrected chi connectivity index (χ2v) is 17.2. The Morgan fingerprint density at radius 1 is 0.500 bits per heavy atom. The molecule has 0 aliphatic heterocycles. The Morgan fingerprint density at radius 2 is 0.906 bits per heavy atom. The molecule has 0 nitrogen and oxygen atoms in total. The van der Waals surface area contributed by atoms with E-state index in [-0.39, 0.29) is 7.92 Å². The van der Waals surface area contributed by atoms with Crippen molar-refractivity contribution >= 4 is 49.7 Å². The fraction of sp³-hybridized carbons (Fsp3) is 0.172. The Labute approximate surface area is 202 Å². The standard InChI is InChI=1S/C29H30P2Se/c32-31(28-20-10-3-11-21-28,29-22-12-4-13-23-29)25-15-5-14-24-30(26-16-6-1-7-17-26)27-18-8-2-9-19-27/h1-4,6-13,16-23H,5,14-15,24-25H2. The van der Waals surface area contributed by atoms with E-state index in [0.717, 1.165) is 0 Å². The Bertz CT molecular complexity index is 1030. The number of benzene rings is 4. The van der Waals surface area contributed by atoms with Gasteiger partial charge in [-0.25, -0.2) is 0 Å². The topological polar surface area (TPSA) is 0 Å². The molecule has 0 bridgehead atoms. The second kappa shape index (κ2) is 11.9. The van der Waals surface area contributed by atoms with Gasteiger partial charge in [0.25, 0.3) is 0 Å². The molecule has 0 aliphatic rings. The average Bonchev–Trinajstić information content (AvgIpc) is 2.88. The van der Waals surface area contributed by atoms with Crippen LogP contribution >= 0.6 is 13.4 Å². The predicted molar refractivity (Wildman–Crippen MR) is 147 cm³/mol. The number of hydrogen-bond donors (Lipinski definition) is 0. The number of rotatable bonds is 10. The van der Waals surface area contributed by atoms with E-state index in [1.807, 2.05) is 0 Å². The summed E-state index contributed by atoms with van der Waals surface area (Å²) < 4.78 is 0. The van der Waals surface area contributed by atoms with E-state index < -0.39 is 5.51 Å². The van der Waals surface area contributed by atoms with Gasteiger partial charge in [-0.15, -0.1) is 0 Å². The Balaban J connectivity index is 1.42. The van der Waals surface area contributed by atoms with Crippen molar-refractivity contribution in [3.05, 3.63) is 121 Å². The molecule has 0 saturated carbocycles. The molecule has 162 valence electrons. The Kier molecular flexibility index (Phi) is 8.73. The zero-order chi connectivity index (χ0) is 22.1. The third-order valence-corrected chi connectivity index (χ3v) is 15.5. The third kappa shape index (κ3) is 5.98. The van der Waals surface area contributed by atoms with Crippen LogP contribution in [0.1, 0.15) is 19.3 Å². The SMILES string of the molecule is [Se]=P(CCCCCP(c1ccccc1)c1ccccc1)(c1ccccc1)c1ccccc1. The van der Waals surface area contributed by atoms with E-state index in [1.54, 1.807) is 0 Å². The minimum atomic E-state index is -1.47. The molecule has 4 rings (SSSR count). The molecule has 0 amide bonds. The molecule has 0 aliphatic carbocycles. The van der Waals surface area contributed by atoms with Crippen LogP contribution in [0.2, 0.25) is 0 Å². The summed E-state index contributed by atoms with van der Waals surface area (Å²) >= 11 is 3.69. The van der Waals surface area contributed by atoms with Gasteiger partial charge in [0.1, 0.15) is 0 Å². The van der Waals surface area contributed by atoms with E-state index in [9.17, 15) is 0 Å². The van der Waals surface area contributed by atoms with Crippen LogP contribution in [0.3, 0.4) is 0 Å². The molecule has 0 saturated heterocycles. The molecule has 0 radical (unpaired) electrons. The molecule has 0 N–H and O–H groups in total. The van der Waals surface area contributed by atoms with Gasteiger partial charge in [-0.3, -0.25) is 0 Å². The molecule has 0 spiro atoms. The van der Waals surface area contributed by atoms with Crippen molar-refractivity contribution in [2.75, 3.05) is 12.3 Å². The van der Waals surface area contributed by atoms with E-state index in [1.165, 1.54) is 52.8 Å². The summed E-state index contributed by atoms with van der Waals surface area (Å²) in [7, 11) is -0.282. The number of unbranched alkanes of at least 4 members (excludes halogenated alkanes) is 2. The van der Waals surface area contributed by atoms with Crippen molar-refractivity contribution in [2.45, 2.75) is 19.3 Å². The maximum atomic E-state index is 3.69. The van der Waals surface area contributed by atoms with Gasteiger partial charge in [0.15, 0.2) is 0 Å². The van der Waals surface area contributed by atoms with Gasteiger partial charge >= 0.3 is 203 Å². The normalized spacial score (nSPS) is 11.5. The summed E-state index contributed by atoms with van der Waals surface area (Å²) in [5.41, 5.74) is -1.47. The van der Waals surface area contributed by atoms with Crippen LogP contribution in [0.5, 0.6) is 0 Å².